The highest BCUT2D eigenvalue weighted by atomic mass is 15.2. The molecule has 1 unspecified atom stereocenters. The summed E-state index contributed by atoms with van der Waals surface area (Å²) in [5.74, 6) is 0.766. The van der Waals surface area contributed by atoms with Crippen LogP contribution in [0.15, 0.2) is 12.4 Å². The molecule has 1 N–H and O–H groups in total. The van der Waals surface area contributed by atoms with Crippen molar-refractivity contribution in [2.75, 3.05) is 7.05 Å². The molecule has 1 rings (SSSR count). The predicted molar refractivity (Wildman–Crippen MR) is 59.1 cm³/mol. The molecule has 0 aliphatic rings. The van der Waals surface area contributed by atoms with Gasteiger partial charge in [-0.25, -0.2) is 0 Å². The zero-order chi connectivity index (χ0) is 10.6. The van der Waals surface area contributed by atoms with Crippen LogP contribution in [-0.2, 0) is 7.05 Å². The van der Waals surface area contributed by atoms with Crippen molar-refractivity contribution in [3.8, 4) is 0 Å². The van der Waals surface area contributed by atoms with Gasteiger partial charge >= 0.3 is 0 Å². The number of nitrogens with zero attached hydrogens (tertiary/aromatic N) is 2. The Bertz CT molecular complexity index is 265. The van der Waals surface area contributed by atoms with Gasteiger partial charge in [0.05, 0.1) is 6.20 Å². The highest BCUT2D eigenvalue weighted by molar-refractivity contribution is 5.09. The Kier molecular flexibility index (Phi) is 4.14. The van der Waals surface area contributed by atoms with E-state index < -0.39 is 0 Å². The van der Waals surface area contributed by atoms with E-state index in [1.165, 1.54) is 18.4 Å². The summed E-state index contributed by atoms with van der Waals surface area (Å²) in [4.78, 5) is 0. The van der Waals surface area contributed by atoms with E-state index in [1.807, 2.05) is 25.0 Å². The summed E-state index contributed by atoms with van der Waals surface area (Å²) in [5.41, 5.74) is 1.29. The quantitative estimate of drug-likeness (QED) is 0.780. The Morgan fingerprint density at radius 1 is 1.43 bits per heavy atom. The summed E-state index contributed by atoms with van der Waals surface area (Å²) >= 11 is 0. The van der Waals surface area contributed by atoms with E-state index >= 15 is 0 Å². The Balaban J connectivity index is 2.54. The number of hydrogen-bond donors (Lipinski definition) is 1. The number of nitrogens with one attached hydrogen (secondary N) is 1. The van der Waals surface area contributed by atoms with Crippen molar-refractivity contribution in [2.24, 2.45) is 13.0 Å². The van der Waals surface area contributed by atoms with Crippen LogP contribution in [0.1, 0.15) is 38.3 Å². The molecule has 0 fully saturated rings. The van der Waals surface area contributed by atoms with Gasteiger partial charge in [0.15, 0.2) is 0 Å². The molecule has 1 atom stereocenters. The molecule has 1 aromatic rings. The Morgan fingerprint density at radius 3 is 2.57 bits per heavy atom. The minimum absolute atomic E-state index is 0.450. The van der Waals surface area contributed by atoms with Crippen LogP contribution in [0.25, 0.3) is 0 Å². The Hall–Kier alpha value is -0.830. The number of hydrogen-bond acceptors (Lipinski definition) is 2. The second-order valence-corrected chi connectivity index (χ2v) is 4.26. The average molecular weight is 195 g/mol. The van der Waals surface area contributed by atoms with E-state index in [1.54, 1.807) is 0 Å². The van der Waals surface area contributed by atoms with Crippen LogP contribution < -0.4 is 5.32 Å². The minimum Gasteiger partial charge on any atom is -0.313 e. The molecule has 0 aromatic carbocycles. The first-order valence-corrected chi connectivity index (χ1v) is 5.29. The topological polar surface area (TPSA) is 29.9 Å². The minimum atomic E-state index is 0.450. The monoisotopic (exact) mass is 195 g/mol. The molecule has 0 aliphatic carbocycles. The molecule has 0 saturated carbocycles. The third kappa shape index (κ3) is 3.14. The van der Waals surface area contributed by atoms with Gasteiger partial charge in [-0.3, -0.25) is 4.68 Å². The lowest BCUT2D eigenvalue weighted by atomic mass is 10.00. The largest absolute Gasteiger partial charge is 0.313 e. The van der Waals surface area contributed by atoms with E-state index in [2.05, 4.69) is 30.5 Å². The number of rotatable bonds is 5. The molecule has 0 amide bonds. The first-order chi connectivity index (χ1) is 6.63. The van der Waals surface area contributed by atoms with Crippen molar-refractivity contribution in [3.05, 3.63) is 18.0 Å². The van der Waals surface area contributed by atoms with Gasteiger partial charge < -0.3 is 5.32 Å². The molecule has 3 nitrogen and oxygen atoms in total. The van der Waals surface area contributed by atoms with Crippen molar-refractivity contribution >= 4 is 0 Å². The molecule has 0 spiro atoms. The molecule has 0 radical (unpaired) electrons. The van der Waals surface area contributed by atoms with Gasteiger partial charge in [-0.1, -0.05) is 13.8 Å². The summed E-state index contributed by atoms with van der Waals surface area (Å²) in [7, 11) is 3.97. The maximum absolute atomic E-state index is 4.19. The first kappa shape index (κ1) is 11.2. The van der Waals surface area contributed by atoms with Crippen LogP contribution >= 0.6 is 0 Å². The smallest absolute Gasteiger partial charge is 0.0537 e. The zero-order valence-electron chi connectivity index (χ0n) is 9.62. The molecule has 1 heterocycles. The number of aryl methyl sites for hydroxylation is 1. The van der Waals surface area contributed by atoms with Crippen molar-refractivity contribution in [1.29, 1.82) is 0 Å². The van der Waals surface area contributed by atoms with Crippen LogP contribution in [0.5, 0.6) is 0 Å². The fourth-order valence-electron chi connectivity index (χ4n) is 1.60. The Morgan fingerprint density at radius 2 is 2.14 bits per heavy atom. The van der Waals surface area contributed by atoms with E-state index in [0.717, 1.165) is 5.92 Å². The van der Waals surface area contributed by atoms with Gasteiger partial charge in [-0.05, 0) is 25.8 Å². The second-order valence-electron chi connectivity index (χ2n) is 4.26. The van der Waals surface area contributed by atoms with Crippen LogP contribution in [0, 0.1) is 5.92 Å². The third-order valence-corrected chi connectivity index (χ3v) is 2.51. The summed E-state index contributed by atoms with van der Waals surface area (Å²) in [6.07, 6.45) is 6.46. The molecule has 3 heteroatoms. The van der Waals surface area contributed by atoms with Crippen molar-refractivity contribution in [2.45, 2.75) is 32.7 Å². The molecule has 0 saturated heterocycles. The summed E-state index contributed by atoms with van der Waals surface area (Å²) in [6.45, 7) is 4.52. The highest BCUT2D eigenvalue weighted by Crippen LogP contribution is 2.19. The number of aromatic nitrogens is 2. The lowest BCUT2D eigenvalue weighted by Crippen LogP contribution is -2.16. The van der Waals surface area contributed by atoms with Gasteiger partial charge in [-0.15, -0.1) is 0 Å². The van der Waals surface area contributed by atoms with Crippen LogP contribution in [-0.4, -0.2) is 16.8 Å². The van der Waals surface area contributed by atoms with Crippen molar-refractivity contribution in [3.63, 3.8) is 0 Å². The van der Waals surface area contributed by atoms with Gasteiger partial charge in [0.25, 0.3) is 0 Å². The molecule has 1 aromatic heterocycles. The van der Waals surface area contributed by atoms with E-state index in [-0.39, 0.29) is 0 Å². The van der Waals surface area contributed by atoms with Crippen LogP contribution in [0.2, 0.25) is 0 Å². The fraction of sp³-hybridized carbons (Fsp3) is 0.727. The molecule has 0 aliphatic heterocycles. The van der Waals surface area contributed by atoms with Gasteiger partial charge in [0.1, 0.15) is 0 Å². The van der Waals surface area contributed by atoms with Crippen molar-refractivity contribution < 1.29 is 0 Å². The highest BCUT2D eigenvalue weighted by Gasteiger charge is 2.11. The van der Waals surface area contributed by atoms with Crippen LogP contribution in [0.4, 0.5) is 0 Å². The molecule has 80 valence electrons. The van der Waals surface area contributed by atoms with Gasteiger partial charge in [-0.2, -0.15) is 5.10 Å². The third-order valence-electron chi connectivity index (χ3n) is 2.51. The lowest BCUT2D eigenvalue weighted by molar-refractivity contribution is 0.465. The van der Waals surface area contributed by atoms with E-state index in [0.29, 0.717) is 6.04 Å². The summed E-state index contributed by atoms with van der Waals surface area (Å²) in [5, 5.41) is 7.52. The summed E-state index contributed by atoms with van der Waals surface area (Å²) in [6, 6.07) is 0.450. The fourth-order valence-corrected chi connectivity index (χ4v) is 1.60. The Labute approximate surface area is 86.5 Å². The van der Waals surface area contributed by atoms with E-state index in [9.17, 15) is 0 Å². The maximum Gasteiger partial charge on any atom is 0.0537 e. The maximum atomic E-state index is 4.19. The van der Waals surface area contributed by atoms with Gasteiger partial charge in [0, 0.05) is 24.8 Å². The zero-order valence-corrected chi connectivity index (χ0v) is 9.62. The molecular formula is C11H21N3. The molecular weight excluding hydrogens is 174 g/mol. The van der Waals surface area contributed by atoms with E-state index in [4.69, 9.17) is 0 Å². The average Bonchev–Trinajstić information content (AvgIpc) is 2.53. The second kappa shape index (κ2) is 5.15. The molecule has 0 bridgehead atoms. The van der Waals surface area contributed by atoms with Gasteiger partial charge in [0.2, 0.25) is 0 Å². The standard InChI is InChI=1S/C11H21N3/c1-9(2)5-6-11(12-3)10-7-13-14(4)8-10/h7-9,11-12H,5-6H2,1-4H3. The van der Waals surface area contributed by atoms with Crippen LogP contribution in [0.3, 0.4) is 0 Å². The molecule has 14 heavy (non-hydrogen) atoms. The van der Waals surface area contributed by atoms with Crippen molar-refractivity contribution in [1.82, 2.24) is 15.1 Å². The lowest BCUT2D eigenvalue weighted by Gasteiger charge is -2.15. The normalized spacial score (nSPS) is 13.5. The summed E-state index contributed by atoms with van der Waals surface area (Å²) < 4.78 is 1.86. The SMILES string of the molecule is CNC(CCC(C)C)c1cnn(C)c1. The first-order valence-electron chi connectivity index (χ1n) is 5.29. The predicted octanol–water partition coefficient (Wildman–Crippen LogP) is 2.12.